The predicted octanol–water partition coefficient (Wildman–Crippen LogP) is 5.46. The monoisotopic (exact) mass is 342 g/mol. The van der Waals surface area contributed by atoms with E-state index >= 15 is 0 Å². The number of hydrogen-bond acceptors (Lipinski definition) is 3. The molecule has 2 rings (SSSR count). The molecule has 0 radical (unpaired) electrons. The summed E-state index contributed by atoms with van der Waals surface area (Å²) in [6.45, 7) is 11.3. The Balaban J connectivity index is 2.30. The van der Waals surface area contributed by atoms with Crippen molar-refractivity contribution in [2.75, 3.05) is 0 Å². The second-order valence-corrected chi connectivity index (χ2v) is 12.2. The fourth-order valence-corrected chi connectivity index (χ4v) is 3.03. The standard InChI is InChI=1S/C20H26O3Si/c1-20(2,3)24(4,5)23-19-17(14-21)12-9-13-18(19)22-15-16-10-7-6-8-11-16/h6-14H,15H2,1-5H3. The molecule has 0 aliphatic carbocycles. The molecule has 0 bridgehead atoms. The van der Waals surface area contributed by atoms with E-state index in [1.54, 1.807) is 6.07 Å². The molecule has 4 heteroatoms. The van der Waals surface area contributed by atoms with Crippen LogP contribution in [0.3, 0.4) is 0 Å². The molecular formula is C20H26O3Si. The molecule has 2 aromatic rings. The van der Waals surface area contributed by atoms with Crippen molar-refractivity contribution in [3.63, 3.8) is 0 Å². The molecule has 0 amide bonds. The molecule has 0 spiro atoms. The summed E-state index contributed by atoms with van der Waals surface area (Å²) in [6.07, 6.45) is 0.831. The Bertz CT molecular complexity index is 688. The zero-order valence-corrected chi connectivity index (χ0v) is 16.1. The number of rotatable bonds is 6. The van der Waals surface area contributed by atoms with E-state index in [4.69, 9.17) is 9.16 Å². The Morgan fingerprint density at radius 2 is 1.67 bits per heavy atom. The summed E-state index contributed by atoms with van der Waals surface area (Å²) >= 11 is 0. The van der Waals surface area contributed by atoms with Gasteiger partial charge in [0.05, 0.1) is 5.56 Å². The number of aldehydes is 1. The Kier molecular flexibility index (Phi) is 5.50. The molecule has 128 valence electrons. The van der Waals surface area contributed by atoms with E-state index in [2.05, 4.69) is 33.9 Å². The topological polar surface area (TPSA) is 35.5 Å². The van der Waals surface area contributed by atoms with E-state index in [1.165, 1.54) is 0 Å². The minimum absolute atomic E-state index is 0.0414. The van der Waals surface area contributed by atoms with Gasteiger partial charge in [0.2, 0.25) is 0 Å². The summed E-state index contributed by atoms with van der Waals surface area (Å²) in [5.74, 6) is 1.18. The minimum Gasteiger partial charge on any atom is -0.541 e. The van der Waals surface area contributed by atoms with E-state index in [1.807, 2.05) is 42.5 Å². The van der Waals surface area contributed by atoms with Crippen LogP contribution in [0.5, 0.6) is 11.5 Å². The smallest absolute Gasteiger partial charge is 0.250 e. The zero-order valence-electron chi connectivity index (χ0n) is 15.1. The van der Waals surface area contributed by atoms with Crippen molar-refractivity contribution in [2.45, 2.75) is 45.5 Å². The minimum atomic E-state index is -2.07. The van der Waals surface area contributed by atoms with Crippen LogP contribution < -0.4 is 9.16 Å². The first-order valence-corrected chi connectivity index (χ1v) is 11.1. The number of carbonyl (C=O) groups excluding carboxylic acids is 1. The maximum atomic E-state index is 11.5. The number of para-hydroxylation sites is 1. The van der Waals surface area contributed by atoms with Crippen molar-refractivity contribution in [1.29, 1.82) is 0 Å². The lowest BCUT2D eigenvalue weighted by Crippen LogP contribution is -2.44. The van der Waals surface area contributed by atoms with Gasteiger partial charge in [0.15, 0.2) is 17.8 Å². The molecule has 0 aliphatic heterocycles. The molecule has 0 unspecified atom stereocenters. The van der Waals surface area contributed by atoms with Gasteiger partial charge < -0.3 is 9.16 Å². The van der Waals surface area contributed by atoms with Gasteiger partial charge in [0, 0.05) is 0 Å². The zero-order chi connectivity index (χ0) is 17.8. The largest absolute Gasteiger partial charge is 0.541 e. The van der Waals surface area contributed by atoms with Gasteiger partial charge in [0.25, 0.3) is 8.32 Å². The lowest BCUT2D eigenvalue weighted by molar-refractivity contribution is 0.112. The van der Waals surface area contributed by atoms with E-state index < -0.39 is 8.32 Å². The third kappa shape index (κ3) is 4.26. The van der Waals surface area contributed by atoms with Crippen LogP contribution >= 0.6 is 0 Å². The second-order valence-electron chi connectivity index (χ2n) is 7.43. The SMILES string of the molecule is CC(C)(C)[Si](C)(C)Oc1c(C=O)cccc1OCc1ccccc1. The Morgan fingerprint density at radius 3 is 2.25 bits per heavy atom. The van der Waals surface area contributed by atoms with Crippen molar-refractivity contribution in [3.05, 3.63) is 59.7 Å². The Labute approximate surface area is 145 Å². The highest BCUT2D eigenvalue weighted by Crippen LogP contribution is 2.41. The van der Waals surface area contributed by atoms with E-state index in [0.29, 0.717) is 23.7 Å². The summed E-state index contributed by atoms with van der Waals surface area (Å²) in [5.41, 5.74) is 1.61. The molecule has 2 aromatic carbocycles. The predicted molar refractivity (Wildman–Crippen MR) is 100 cm³/mol. The normalized spacial score (nSPS) is 11.9. The van der Waals surface area contributed by atoms with Gasteiger partial charge in [-0.25, -0.2) is 0 Å². The lowest BCUT2D eigenvalue weighted by Gasteiger charge is -2.37. The molecule has 0 heterocycles. The fraction of sp³-hybridized carbons (Fsp3) is 0.350. The first-order valence-electron chi connectivity index (χ1n) is 8.18. The molecule has 3 nitrogen and oxygen atoms in total. The van der Waals surface area contributed by atoms with Gasteiger partial charge >= 0.3 is 0 Å². The van der Waals surface area contributed by atoms with Crippen LogP contribution in [-0.4, -0.2) is 14.6 Å². The third-order valence-corrected chi connectivity index (χ3v) is 8.86. The van der Waals surface area contributed by atoms with E-state index in [0.717, 1.165) is 11.8 Å². The molecule has 24 heavy (non-hydrogen) atoms. The number of hydrogen-bond donors (Lipinski definition) is 0. The van der Waals surface area contributed by atoms with Gasteiger partial charge in [0.1, 0.15) is 6.61 Å². The van der Waals surface area contributed by atoms with Gasteiger partial charge in [-0.3, -0.25) is 4.79 Å². The molecular weight excluding hydrogens is 316 g/mol. The lowest BCUT2D eigenvalue weighted by atomic mass is 10.2. The van der Waals surface area contributed by atoms with Gasteiger partial charge in [-0.05, 0) is 35.8 Å². The Morgan fingerprint density at radius 1 is 1.00 bits per heavy atom. The summed E-state index contributed by atoms with van der Waals surface area (Å²) in [7, 11) is -2.07. The van der Waals surface area contributed by atoms with Gasteiger partial charge in [-0.1, -0.05) is 57.2 Å². The average Bonchev–Trinajstić information content (AvgIpc) is 2.53. The van der Waals surface area contributed by atoms with Crippen LogP contribution in [0.25, 0.3) is 0 Å². The average molecular weight is 343 g/mol. The number of ether oxygens (including phenoxy) is 1. The van der Waals surface area contributed by atoms with Gasteiger partial charge in [-0.15, -0.1) is 0 Å². The van der Waals surface area contributed by atoms with Crippen LogP contribution in [0.15, 0.2) is 48.5 Å². The van der Waals surface area contributed by atoms with Crippen LogP contribution in [0, 0.1) is 0 Å². The molecule has 0 saturated carbocycles. The third-order valence-electron chi connectivity index (χ3n) is 4.54. The number of carbonyl (C=O) groups is 1. The first kappa shape index (κ1) is 18.3. The summed E-state index contributed by atoms with van der Waals surface area (Å²) in [5, 5.41) is 0.0414. The molecule has 0 aliphatic rings. The maximum absolute atomic E-state index is 11.5. The van der Waals surface area contributed by atoms with Crippen molar-refractivity contribution >= 4 is 14.6 Å². The highest BCUT2D eigenvalue weighted by Gasteiger charge is 2.40. The van der Waals surface area contributed by atoms with Crippen molar-refractivity contribution < 1.29 is 14.0 Å². The Hall–Kier alpha value is -2.07. The fourth-order valence-electron chi connectivity index (χ4n) is 1.99. The van der Waals surface area contributed by atoms with Crippen LogP contribution in [0.4, 0.5) is 0 Å². The molecule has 0 fully saturated rings. The van der Waals surface area contributed by atoms with Crippen LogP contribution in [0.1, 0.15) is 36.7 Å². The summed E-state index contributed by atoms with van der Waals surface area (Å²) in [4.78, 5) is 11.5. The molecule has 0 saturated heterocycles. The summed E-state index contributed by atoms with van der Waals surface area (Å²) < 4.78 is 12.4. The van der Waals surface area contributed by atoms with Crippen molar-refractivity contribution in [1.82, 2.24) is 0 Å². The molecule has 0 aromatic heterocycles. The molecule has 0 N–H and O–H groups in total. The molecule has 0 atom stereocenters. The number of benzene rings is 2. The second kappa shape index (κ2) is 7.22. The van der Waals surface area contributed by atoms with Crippen LogP contribution in [0.2, 0.25) is 18.1 Å². The highest BCUT2D eigenvalue weighted by molar-refractivity contribution is 6.74. The first-order chi connectivity index (χ1) is 11.2. The van der Waals surface area contributed by atoms with Crippen molar-refractivity contribution in [2.24, 2.45) is 0 Å². The van der Waals surface area contributed by atoms with Gasteiger partial charge in [-0.2, -0.15) is 0 Å². The van der Waals surface area contributed by atoms with E-state index in [-0.39, 0.29) is 5.04 Å². The summed E-state index contributed by atoms with van der Waals surface area (Å²) in [6, 6.07) is 15.4. The quantitative estimate of drug-likeness (QED) is 0.516. The highest BCUT2D eigenvalue weighted by atomic mass is 28.4. The van der Waals surface area contributed by atoms with E-state index in [9.17, 15) is 4.79 Å². The maximum Gasteiger partial charge on any atom is 0.250 e. The van der Waals surface area contributed by atoms with Crippen molar-refractivity contribution in [3.8, 4) is 11.5 Å². The van der Waals surface area contributed by atoms with Crippen LogP contribution in [-0.2, 0) is 6.61 Å².